The van der Waals surface area contributed by atoms with Crippen molar-refractivity contribution in [1.82, 2.24) is 0 Å². The van der Waals surface area contributed by atoms with Crippen molar-refractivity contribution in [2.24, 2.45) is 17.6 Å². The van der Waals surface area contributed by atoms with Gasteiger partial charge in [-0.2, -0.15) is 0 Å². The van der Waals surface area contributed by atoms with Crippen molar-refractivity contribution in [3.63, 3.8) is 0 Å². The molecule has 0 aliphatic heterocycles. The molecular weight excluding hydrogens is 114 g/mol. The Balaban J connectivity index is 2.38. The molecule has 0 unspecified atom stereocenters. The summed E-state index contributed by atoms with van der Waals surface area (Å²) < 4.78 is 0. The molecule has 0 bridgehead atoms. The zero-order valence-corrected chi connectivity index (χ0v) is 5.88. The number of aliphatic hydroxyl groups excluding tert-OH is 1. The predicted molar refractivity (Wildman–Crippen MR) is 36.9 cm³/mol. The normalized spacial score (nSPS) is 43.7. The van der Waals surface area contributed by atoms with E-state index >= 15 is 0 Å². The van der Waals surface area contributed by atoms with Crippen LogP contribution in [0, 0.1) is 11.8 Å². The number of hydrogen-bond acceptors (Lipinski definition) is 2. The maximum absolute atomic E-state index is 8.80. The quantitative estimate of drug-likeness (QED) is 0.536. The topological polar surface area (TPSA) is 46.2 Å². The fourth-order valence-corrected chi connectivity index (χ4v) is 1.64. The second kappa shape index (κ2) is 2.67. The molecule has 0 spiro atoms. The van der Waals surface area contributed by atoms with Crippen molar-refractivity contribution in [1.29, 1.82) is 0 Å². The third-order valence-corrected chi connectivity index (χ3v) is 2.32. The number of hydrogen-bond donors (Lipinski definition) is 2. The van der Waals surface area contributed by atoms with E-state index in [1.54, 1.807) is 0 Å². The van der Waals surface area contributed by atoms with Crippen molar-refractivity contribution in [3.8, 4) is 0 Å². The van der Waals surface area contributed by atoms with Gasteiger partial charge in [0.15, 0.2) is 0 Å². The van der Waals surface area contributed by atoms with Gasteiger partial charge in [0, 0.05) is 12.6 Å². The van der Waals surface area contributed by atoms with E-state index in [-0.39, 0.29) is 0 Å². The molecule has 1 aliphatic carbocycles. The molecule has 54 valence electrons. The predicted octanol–water partition coefficient (Wildman–Crippen LogP) is 0.352. The second-order valence-electron chi connectivity index (χ2n) is 3.15. The van der Waals surface area contributed by atoms with E-state index in [0.717, 1.165) is 12.8 Å². The number of aliphatic hydroxyl groups is 1. The average Bonchev–Trinajstić information content (AvgIpc) is 2.10. The van der Waals surface area contributed by atoms with Crippen LogP contribution in [0.2, 0.25) is 0 Å². The Morgan fingerprint density at radius 1 is 1.56 bits per heavy atom. The molecule has 0 amide bonds. The molecule has 0 aromatic carbocycles. The van der Waals surface area contributed by atoms with E-state index in [4.69, 9.17) is 10.8 Å². The van der Waals surface area contributed by atoms with Gasteiger partial charge in [-0.3, -0.25) is 0 Å². The van der Waals surface area contributed by atoms with E-state index in [0.29, 0.717) is 24.5 Å². The Morgan fingerprint density at radius 2 is 2.22 bits per heavy atom. The van der Waals surface area contributed by atoms with Gasteiger partial charge in [0.1, 0.15) is 0 Å². The minimum Gasteiger partial charge on any atom is -0.396 e. The van der Waals surface area contributed by atoms with E-state index < -0.39 is 0 Å². The Bertz CT molecular complexity index is 94.9. The van der Waals surface area contributed by atoms with Gasteiger partial charge in [-0.25, -0.2) is 0 Å². The fourth-order valence-electron chi connectivity index (χ4n) is 1.64. The molecule has 0 aromatic heterocycles. The lowest BCUT2D eigenvalue weighted by molar-refractivity contribution is 0.201. The Kier molecular flexibility index (Phi) is 2.09. The Hall–Kier alpha value is -0.0800. The average molecular weight is 129 g/mol. The Labute approximate surface area is 56.1 Å². The molecule has 3 atom stereocenters. The van der Waals surface area contributed by atoms with Gasteiger partial charge in [-0.1, -0.05) is 6.92 Å². The van der Waals surface area contributed by atoms with Gasteiger partial charge in [0.25, 0.3) is 0 Å². The van der Waals surface area contributed by atoms with Gasteiger partial charge in [-0.15, -0.1) is 0 Å². The molecule has 3 N–H and O–H groups in total. The van der Waals surface area contributed by atoms with Crippen LogP contribution >= 0.6 is 0 Å². The third-order valence-electron chi connectivity index (χ3n) is 2.32. The van der Waals surface area contributed by atoms with E-state index in [2.05, 4.69) is 6.92 Å². The monoisotopic (exact) mass is 129 g/mol. The van der Waals surface area contributed by atoms with Gasteiger partial charge >= 0.3 is 0 Å². The highest BCUT2D eigenvalue weighted by molar-refractivity contribution is 4.82. The first-order valence-electron chi connectivity index (χ1n) is 3.60. The van der Waals surface area contributed by atoms with Crippen LogP contribution in [-0.4, -0.2) is 17.8 Å². The fraction of sp³-hybridized carbons (Fsp3) is 1.00. The zero-order valence-electron chi connectivity index (χ0n) is 5.88. The van der Waals surface area contributed by atoms with Crippen molar-refractivity contribution >= 4 is 0 Å². The van der Waals surface area contributed by atoms with Crippen LogP contribution in [-0.2, 0) is 0 Å². The molecule has 0 radical (unpaired) electrons. The summed E-state index contributed by atoms with van der Waals surface area (Å²) in [5, 5.41) is 8.80. The first-order valence-corrected chi connectivity index (χ1v) is 3.60. The molecule has 1 fully saturated rings. The summed E-state index contributed by atoms with van der Waals surface area (Å²) in [6.07, 6.45) is 2.10. The van der Waals surface area contributed by atoms with Gasteiger partial charge < -0.3 is 10.8 Å². The summed E-state index contributed by atoms with van der Waals surface area (Å²) in [5.74, 6) is 1.10. The first kappa shape index (κ1) is 7.03. The molecule has 0 saturated heterocycles. The summed E-state index contributed by atoms with van der Waals surface area (Å²) in [4.78, 5) is 0. The van der Waals surface area contributed by atoms with Crippen molar-refractivity contribution in [3.05, 3.63) is 0 Å². The van der Waals surface area contributed by atoms with E-state index in [1.165, 1.54) is 0 Å². The molecule has 0 heterocycles. The summed E-state index contributed by atoms with van der Waals surface area (Å²) >= 11 is 0. The maximum atomic E-state index is 8.80. The molecular formula is C7H15NO. The molecule has 1 aliphatic rings. The van der Waals surface area contributed by atoms with Crippen LogP contribution in [0.3, 0.4) is 0 Å². The lowest BCUT2D eigenvalue weighted by atomic mass is 10.00. The number of nitrogens with two attached hydrogens (primary N) is 1. The first-order chi connectivity index (χ1) is 4.24. The van der Waals surface area contributed by atoms with Crippen LogP contribution in [0.5, 0.6) is 0 Å². The Morgan fingerprint density at radius 3 is 2.44 bits per heavy atom. The van der Waals surface area contributed by atoms with Crippen molar-refractivity contribution in [2.45, 2.75) is 25.8 Å². The SMILES string of the molecule is C[C@H]1C[C@H](N)C[C@H]1CO. The summed E-state index contributed by atoms with van der Waals surface area (Å²) in [6, 6.07) is 0.345. The summed E-state index contributed by atoms with van der Waals surface area (Å²) in [5.41, 5.74) is 5.68. The molecule has 9 heavy (non-hydrogen) atoms. The molecule has 2 heteroatoms. The van der Waals surface area contributed by atoms with Crippen LogP contribution in [0.1, 0.15) is 19.8 Å². The largest absolute Gasteiger partial charge is 0.396 e. The molecule has 1 rings (SSSR count). The summed E-state index contributed by atoms with van der Waals surface area (Å²) in [6.45, 7) is 2.47. The molecule has 1 saturated carbocycles. The standard InChI is InChI=1S/C7H15NO/c1-5-2-7(8)3-6(5)4-9/h5-7,9H,2-4,8H2,1H3/t5-,6-,7-/m0/s1. The lowest BCUT2D eigenvalue weighted by Crippen LogP contribution is -2.15. The van der Waals surface area contributed by atoms with Crippen molar-refractivity contribution < 1.29 is 5.11 Å². The number of rotatable bonds is 1. The lowest BCUT2D eigenvalue weighted by Gasteiger charge is -2.09. The molecule has 2 nitrogen and oxygen atoms in total. The van der Waals surface area contributed by atoms with Gasteiger partial charge in [0.05, 0.1) is 0 Å². The van der Waals surface area contributed by atoms with Gasteiger partial charge in [-0.05, 0) is 24.7 Å². The van der Waals surface area contributed by atoms with E-state index in [9.17, 15) is 0 Å². The van der Waals surface area contributed by atoms with Crippen LogP contribution in [0.25, 0.3) is 0 Å². The van der Waals surface area contributed by atoms with Crippen molar-refractivity contribution in [2.75, 3.05) is 6.61 Å². The minimum atomic E-state index is 0.314. The third kappa shape index (κ3) is 1.43. The highest BCUT2D eigenvalue weighted by Gasteiger charge is 2.27. The second-order valence-corrected chi connectivity index (χ2v) is 3.15. The van der Waals surface area contributed by atoms with Crippen LogP contribution in [0.15, 0.2) is 0 Å². The van der Waals surface area contributed by atoms with E-state index in [1.807, 2.05) is 0 Å². The highest BCUT2D eigenvalue weighted by Crippen LogP contribution is 2.29. The smallest absolute Gasteiger partial charge is 0.0462 e. The molecule has 0 aromatic rings. The van der Waals surface area contributed by atoms with Gasteiger partial charge in [0.2, 0.25) is 0 Å². The maximum Gasteiger partial charge on any atom is 0.0462 e. The highest BCUT2D eigenvalue weighted by atomic mass is 16.3. The zero-order chi connectivity index (χ0) is 6.85. The minimum absolute atomic E-state index is 0.314. The van der Waals surface area contributed by atoms with Crippen LogP contribution < -0.4 is 5.73 Å². The van der Waals surface area contributed by atoms with Crippen LogP contribution in [0.4, 0.5) is 0 Å². The summed E-state index contributed by atoms with van der Waals surface area (Å²) in [7, 11) is 0.